The van der Waals surface area contributed by atoms with Crippen molar-refractivity contribution in [2.24, 2.45) is 0 Å². The van der Waals surface area contributed by atoms with Crippen LogP contribution in [0.2, 0.25) is 0 Å². The van der Waals surface area contributed by atoms with Crippen molar-refractivity contribution in [3.05, 3.63) is 42.0 Å². The molecule has 1 atom stereocenters. The monoisotopic (exact) mass is 368 g/mol. The third kappa shape index (κ3) is 2.66. The summed E-state index contributed by atoms with van der Waals surface area (Å²) in [4.78, 5) is 39.1. The number of hydrogen-bond donors (Lipinski definition) is 2. The molecule has 27 heavy (non-hydrogen) atoms. The van der Waals surface area contributed by atoms with E-state index in [-0.39, 0.29) is 32.0 Å². The van der Waals surface area contributed by atoms with E-state index in [2.05, 4.69) is 5.32 Å². The number of nitrogens with one attached hydrogen (secondary N) is 1. The van der Waals surface area contributed by atoms with Crippen LogP contribution < -0.4 is 10.2 Å². The number of ether oxygens (including phenoxy) is 1. The number of carbonyl (C=O) groups is 3. The van der Waals surface area contributed by atoms with Crippen molar-refractivity contribution < 1.29 is 24.2 Å². The SMILES string of the molecule is CC(C(=O)NC1(C(=O)O)CCOCC1)N1C(=O)c2cccc3cccc1c23. The van der Waals surface area contributed by atoms with Crippen molar-refractivity contribution in [3.8, 4) is 0 Å². The van der Waals surface area contributed by atoms with Crippen LogP contribution in [0, 0.1) is 0 Å². The van der Waals surface area contributed by atoms with Gasteiger partial charge in [0.25, 0.3) is 5.91 Å². The Morgan fingerprint density at radius 2 is 1.85 bits per heavy atom. The molecule has 7 heteroatoms. The predicted molar refractivity (Wildman–Crippen MR) is 98.8 cm³/mol. The van der Waals surface area contributed by atoms with Gasteiger partial charge in [0.1, 0.15) is 11.6 Å². The maximum atomic E-state index is 12.9. The fraction of sp³-hybridized carbons (Fsp3) is 0.350. The van der Waals surface area contributed by atoms with E-state index in [4.69, 9.17) is 4.74 Å². The Balaban J connectivity index is 1.64. The molecule has 2 aromatic rings. The average molecular weight is 368 g/mol. The van der Waals surface area contributed by atoms with E-state index in [1.807, 2.05) is 30.3 Å². The van der Waals surface area contributed by atoms with E-state index in [9.17, 15) is 19.5 Å². The minimum Gasteiger partial charge on any atom is -0.480 e. The van der Waals surface area contributed by atoms with Gasteiger partial charge in [-0.25, -0.2) is 4.79 Å². The maximum absolute atomic E-state index is 12.9. The molecule has 2 aliphatic rings. The van der Waals surface area contributed by atoms with Gasteiger partial charge in [-0.1, -0.05) is 24.3 Å². The van der Waals surface area contributed by atoms with Crippen LogP contribution in [-0.4, -0.2) is 47.7 Å². The first-order chi connectivity index (χ1) is 12.9. The molecule has 4 rings (SSSR count). The van der Waals surface area contributed by atoms with E-state index < -0.39 is 23.5 Å². The Morgan fingerprint density at radius 1 is 1.19 bits per heavy atom. The van der Waals surface area contributed by atoms with E-state index in [1.165, 1.54) is 4.90 Å². The van der Waals surface area contributed by atoms with E-state index in [0.29, 0.717) is 11.3 Å². The van der Waals surface area contributed by atoms with E-state index in [0.717, 1.165) is 10.8 Å². The van der Waals surface area contributed by atoms with Gasteiger partial charge in [0, 0.05) is 37.0 Å². The highest BCUT2D eigenvalue weighted by molar-refractivity contribution is 6.26. The number of aliphatic carboxylic acids is 1. The molecule has 2 aromatic carbocycles. The van der Waals surface area contributed by atoms with E-state index >= 15 is 0 Å². The molecule has 0 radical (unpaired) electrons. The van der Waals surface area contributed by atoms with Crippen molar-refractivity contribution in [2.45, 2.75) is 31.3 Å². The third-order valence-electron chi connectivity index (χ3n) is 5.48. The summed E-state index contributed by atoms with van der Waals surface area (Å²) in [5, 5.41) is 14.1. The lowest BCUT2D eigenvalue weighted by Gasteiger charge is -2.36. The van der Waals surface area contributed by atoms with Crippen LogP contribution in [0.5, 0.6) is 0 Å². The predicted octanol–water partition coefficient (Wildman–Crippen LogP) is 1.94. The van der Waals surface area contributed by atoms with Gasteiger partial charge in [0.15, 0.2) is 0 Å². The number of benzene rings is 2. The van der Waals surface area contributed by atoms with Gasteiger partial charge in [-0.05, 0) is 24.4 Å². The van der Waals surface area contributed by atoms with Gasteiger partial charge in [-0.2, -0.15) is 0 Å². The molecule has 1 saturated heterocycles. The summed E-state index contributed by atoms with van der Waals surface area (Å²) in [5.41, 5.74) is -0.125. The Bertz CT molecular complexity index is 943. The van der Waals surface area contributed by atoms with Crippen LogP contribution in [0.15, 0.2) is 36.4 Å². The number of carboxylic acid groups (broad SMARTS) is 1. The first-order valence-corrected chi connectivity index (χ1v) is 8.93. The number of hydrogen-bond acceptors (Lipinski definition) is 4. The molecule has 2 amide bonds. The Labute approximate surface area is 155 Å². The zero-order chi connectivity index (χ0) is 19.2. The molecular weight excluding hydrogens is 348 g/mol. The smallest absolute Gasteiger partial charge is 0.329 e. The lowest BCUT2D eigenvalue weighted by Crippen LogP contribution is -2.61. The first kappa shape index (κ1) is 17.5. The molecule has 0 aliphatic carbocycles. The second-order valence-corrected chi connectivity index (χ2v) is 7.02. The summed E-state index contributed by atoms with van der Waals surface area (Å²) >= 11 is 0. The molecule has 1 unspecified atom stereocenters. The van der Waals surface area contributed by atoms with Crippen LogP contribution in [0.4, 0.5) is 5.69 Å². The second-order valence-electron chi connectivity index (χ2n) is 7.02. The quantitative estimate of drug-likeness (QED) is 0.860. The number of carboxylic acids is 1. The van der Waals surface area contributed by atoms with Crippen LogP contribution in [0.25, 0.3) is 10.8 Å². The highest BCUT2D eigenvalue weighted by Gasteiger charge is 2.44. The number of carbonyl (C=O) groups excluding carboxylic acids is 2. The fourth-order valence-electron chi connectivity index (χ4n) is 3.89. The molecular formula is C20H20N2O5. The van der Waals surface area contributed by atoms with Gasteiger partial charge < -0.3 is 15.2 Å². The van der Waals surface area contributed by atoms with Gasteiger partial charge in [-0.3, -0.25) is 14.5 Å². The Hall–Kier alpha value is -2.93. The van der Waals surface area contributed by atoms with Crippen molar-refractivity contribution in [2.75, 3.05) is 18.1 Å². The van der Waals surface area contributed by atoms with Crippen LogP contribution >= 0.6 is 0 Å². The Kier molecular flexibility index (Phi) is 4.11. The summed E-state index contributed by atoms with van der Waals surface area (Å²) in [7, 11) is 0. The third-order valence-corrected chi connectivity index (χ3v) is 5.48. The zero-order valence-electron chi connectivity index (χ0n) is 14.9. The van der Waals surface area contributed by atoms with Gasteiger partial charge >= 0.3 is 5.97 Å². The molecule has 0 aromatic heterocycles. The molecule has 1 fully saturated rings. The summed E-state index contributed by atoms with van der Waals surface area (Å²) in [6.07, 6.45) is 0.398. The molecule has 0 saturated carbocycles. The molecule has 2 aliphatic heterocycles. The normalized spacial score (nSPS) is 19.1. The molecule has 0 spiro atoms. The van der Waals surface area contributed by atoms with E-state index in [1.54, 1.807) is 13.0 Å². The first-order valence-electron chi connectivity index (χ1n) is 8.93. The van der Waals surface area contributed by atoms with Crippen LogP contribution in [0.3, 0.4) is 0 Å². The fourth-order valence-corrected chi connectivity index (χ4v) is 3.89. The summed E-state index contributed by atoms with van der Waals surface area (Å²) in [6.45, 7) is 2.16. The zero-order valence-corrected chi connectivity index (χ0v) is 14.9. The lowest BCUT2D eigenvalue weighted by molar-refractivity contribution is -0.152. The number of nitrogens with zero attached hydrogens (tertiary/aromatic N) is 1. The maximum Gasteiger partial charge on any atom is 0.329 e. The molecule has 140 valence electrons. The van der Waals surface area contributed by atoms with Gasteiger partial charge in [0.2, 0.25) is 5.91 Å². The molecule has 0 bridgehead atoms. The highest BCUT2D eigenvalue weighted by atomic mass is 16.5. The van der Waals surface area contributed by atoms with Crippen molar-refractivity contribution in [1.29, 1.82) is 0 Å². The number of amides is 2. The van der Waals surface area contributed by atoms with Crippen molar-refractivity contribution >= 4 is 34.2 Å². The highest BCUT2D eigenvalue weighted by Crippen LogP contribution is 2.38. The van der Waals surface area contributed by atoms with Crippen molar-refractivity contribution in [3.63, 3.8) is 0 Å². The minimum atomic E-state index is -1.36. The Morgan fingerprint density at radius 3 is 2.52 bits per heavy atom. The number of anilines is 1. The van der Waals surface area contributed by atoms with Gasteiger partial charge in [-0.15, -0.1) is 0 Å². The standard InChI is InChI=1S/C20H20N2O5/c1-12(17(23)21-20(19(25)26)8-10-27-11-9-20)22-15-7-3-5-13-4-2-6-14(16(13)15)18(22)24/h2-7,12H,8-11H2,1H3,(H,21,23)(H,25,26). The van der Waals surface area contributed by atoms with Crippen LogP contribution in [-0.2, 0) is 14.3 Å². The number of rotatable bonds is 4. The summed E-state index contributed by atoms with van der Waals surface area (Å²) < 4.78 is 5.24. The topological polar surface area (TPSA) is 95.9 Å². The molecule has 2 heterocycles. The largest absolute Gasteiger partial charge is 0.480 e. The molecule has 2 N–H and O–H groups in total. The second kappa shape index (κ2) is 6.35. The lowest BCUT2D eigenvalue weighted by atomic mass is 9.89. The molecule has 7 nitrogen and oxygen atoms in total. The summed E-state index contributed by atoms with van der Waals surface area (Å²) in [5.74, 6) is -1.82. The summed E-state index contributed by atoms with van der Waals surface area (Å²) in [6, 6.07) is 10.2. The average Bonchev–Trinajstić information content (AvgIpc) is 2.96. The van der Waals surface area contributed by atoms with Gasteiger partial charge in [0.05, 0.1) is 5.69 Å². The van der Waals surface area contributed by atoms with Crippen LogP contribution in [0.1, 0.15) is 30.1 Å². The van der Waals surface area contributed by atoms with Crippen molar-refractivity contribution in [1.82, 2.24) is 5.32 Å². The minimum absolute atomic E-state index is 0.199.